The van der Waals surface area contributed by atoms with E-state index >= 15 is 0 Å². The summed E-state index contributed by atoms with van der Waals surface area (Å²) in [5.74, 6) is 0. The van der Waals surface area contributed by atoms with Gasteiger partial charge in [0.25, 0.3) is 0 Å². The Balaban J connectivity index is 0. The zero-order chi connectivity index (χ0) is 9.28. The minimum absolute atomic E-state index is 0.531. The number of hydrogen-bond acceptors (Lipinski definition) is 2. The molecule has 0 amide bonds. The Morgan fingerprint density at radius 2 is 1.82 bits per heavy atom. The summed E-state index contributed by atoms with van der Waals surface area (Å²) in [5.41, 5.74) is 0. The molecule has 2 nitrogen and oxygen atoms in total. The maximum atomic E-state index is 3.59. The van der Waals surface area contributed by atoms with E-state index in [9.17, 15) is 0 Å². The lowest BCUT2D eigenvalue weighted by molar-refractivity contribution is 0.375. The number of nitrogens with zero attached hydrogens (tertiary/aromatic N) is 2. The quantitative estimate of drug-likeness (QED) is 0.573. The fourth-order valence-corrected chi connectivity index (χ4v) is 0.324. The van der Waals surface area contributed by atoms with Crippen LogP contribution in [-0.2, 0) is 0 Å². The molecule has 0 aromatic carbocycles. The Labute approximate surface area is 70.6 Å². The molecule has 0 aliphatic rings. The zero-order valence-corrected chi connectivity index (χ0v) is 8.33. The van der Waals surface area contributed by atoms with Gasteiger partial charge in [0.05, 0.1) is 0 Å². The summed E-state index contributed by atoms with van der Waals surface area (Å²) in [4.78, 5) is 5.65. The van der Waals surface area contributed by atoms with Crippen LogP contribution in [0.15, 0.2) is 17.4 Å². The Hall–Kier alpha value is -0.790. The third kappa shape index (κ3) is 9.21. The van der Waals surface area contributed by atoms with E-state index in [2.05, 4.69) is 30.5 Å². The number of aliphatic imine (C=N–C) groups is 1. The molecule has 2 heteroatoms. The first kappa shape index (κ1) is 12.8. The molecule has 0 radical (unpaired) electrons. The van der Waals surface area contributed by atoms with Crippen molar-refractivity contribution in [1.29, 1.82) is 0 Å². The first-order valence-corrected chi connectivity index (χ1v) is 4.03. The third-order valence-corrected chi connectivity index (χ3v) is 1.22. The molecule has 0 bridgehead atoms. The van der Waals surface area contributed by atoms with Crippen LogP contribution in [0.1, 0.15) is 27.7 Å². The van der Waals surface area contributed by atoms with Gasteiger partial charge < -0.3 is 4.90 Å². The second-order valence-electron chi connectivity index (χ2n) is 2.24. The molecule has 0 unspecified atom stereocenters. The van der Waals surface area contributed by atoms with Gasteiger partial charge in [-0.15, -0.1) is 0 Å². The molecule has 66 valence electrons. The summed E-state index contributed by atoms with van der Waals surface area (Å²) in [7, 11) is 2.01. The van der Waals surface area contributed by atoms with Gasteiger partial charge in [-0.1, -0.05) is 13.8 Å². The van der Waals surface area contributed by atoms with E-state index < -0.39 is 0 Å². The van der Waals surface area contributed by atoms with Crippen molar-refractivity contribution in [2.75, 3.05) is 7.05 Å². The third-order valence-electron chi connectivity index (χ3n) is 1.22. The summed E-state index contributed by atoms with van der Waals surface area (Å²) >= 11 is 0. The summed E-state index contributed by atoms with van der Waals surface area (Å²) in [5, 5.41) is 0. The van der Waals surface area contributed by atoms with Crippen molar-refractivity contribution in [3.8, 4) is 0 Å². The Morgan fingerprint density at radius 1 is 1.36 bits per heavy atom. The summed E-state index contributed by atoms with van der Waals surface area (Å²) in [6, 6.07) is 0.531. The van der Waals surface area contributed by atoms with Crippen LogP contribution in [-0.4, -0.2) is 24.7 Å². The fourth-order valence-electron chi connectivity index (χ4n) is 0.324. The van der Waals surface area contributed by atoms with E-state index in [4.69, 9.17) is 0 Å². The van der Waals surface area contributed by atoms with Crippen LogP contribution in [0.25, 0.3) is 0 Å². The molecule has 0 N–H and O–H groups in total. The molecule has 0 saturated heterocycles. The highest BCUT2D eigenvalue weighted by atomic mass is 15.1. The predicted octanol–water partition coefficient (Wildman–Crippen LogP) is 2.52. The van der Waals surface area contributed by atoms with E-state index in [-0.39, 0.29) is 0 Å². The van der Waals surface area contributed by atoms with Gasteiger partial charge in [0.15, 0.2) is 0 Å². The second kappa shape index (κ2) is 9.21. The molecular weight excluding hydrogens is 136 g/mol. The first-order valence-electron chi connectivity index (χ1n) is 4.03. The minimum atomic E-state index is 0.531. The lowest BCUT2D eigenvalue weighted by Gasteiger charge is -2.17. The first-order chi connectivity index (χ1) is 5.18. The lowest BCUT2D eigenvalue weighted by Crippen LogP contribution is -2.19. The summed E-state index contributed by atoms with van der Waals surface area (Å²) in [6.45, 7) is 11.6. The van der Waals surface area contributed by atoms with E-state index in [1.54, 1.807) is 6.20 Å². The highest BCUT2D eigenvalue weighted by molar-refractivity contribution is 5.25. The van der Waals surface area contributed by atoms with Gasteiger partial charge in [0.1, 0.15) is 0 Å². The molecule has 0 aromatic heterocycles. The highest BCUT2D eigenvalue weighted by Gasteiger charge is 1.93. The molecule has 0 saturated carbocycles. The van der Waals surface area contributed by atoms with Crippen LogP contribution in [0.5, 0.6) is 0 Å². The normalized spacial score (nSPS) is 9.27. The summed E-state index contributed by atoms with van der Waals surface area (Å²) < 4.78 is 0. The molecule has 0 heterocycles. The van der Waals surface area contributed by atoms with E-state index in [0.717, 1.165) is 0 Å². The van der Waals surface area contributed by atoms with Crippen LogP contribution >= 0.6 is 0 Å². The average molecular weight is 156 g/mol. The average Bonchev–Trinajstić information content (AvgIpc) is 2.03. The SMILES string of the molecule is C=N/C=C\N(C)C(C)C.CC. The number of hydrogen-bond donors (Lipinski definition) is 0. The van der Waals surface area contributed by atoms with Gasteiger partial charge in [0, 0.05) is 25.5 Å². The Kier molecular flexibility index (Phi) is 10.8. The molecule has 0 fully saturated rings. The van der Waals surface area contributed by atoms with Gasteiger partial charge in [-0.2, -0.15) is 0 Å². The molecule has 0 atom stereocenters. The molecular formula is C9H20N2. The van der Waals surface area contributed by atoms with Gasteiger partial charge in [-0.05, 0) is 20.6 Å². The maximum Gasteiger partial charge on any atom is 0.0419 e. The second-order valence-corrected chi connectivity index (χ2v) is 2.24. The van der Waals surface area contributed by atoms with Crippen LogP contribution < -0.4 is 0 Å². The van der Waals surface area contributed by atoms with Crippen molar-refractivity contribution in [2.24, 2.45) is 4.99 Å². The fraction of sp³-hybridized carbons (Fsp3) is 0.667. The van der Waals surface area contributed by atoms with E-state index in [1.165, 1.54) is 0 Å². The van der Waals surface area contributed by atoms with Gasteiger partial charge >= 0.3 is 0 Å². The minimum Gasteiger partial charge on any atom is -0.377 e. The van der Waals surface area contributed by atoms with Gasteiger partial charge in [0.2, 0.25) is 0 Å². The zero-order valence-electron chi connectivity index (χ0n) is 8.33. The van der Waals surface area contributed by atoms with Gasteiger partial charge in [-0.25, -0.2) is 0 Å². The molecule has 0 rings (SSSR count). The van der Waals surface area contributed by atoms with Gasteiger partial charge in [-0.3, -0.25) is 4.99 Å². The van der Waals surface area contributed by atoms with Crippen molar-refractivity contribution in [3.05, 3.63) is 12.4 Å². The molecule has 11 heavy (non-hydrogen) atoms. The van der Waals surface area contributed by atoms with E-state index in [0.29, 0.717) is 6.04 Å². The topological polar surface area (TPSA) is 15.6 Å². The standard InChI is InChI=1S/C7H14N2.C2H6/c1-7(2)9(4)6-5-8-3;1-2/h5-7H,3H2,1-2,4H3;1-2H3/b6-5-;. The maximum absolute atomic E-state index is 3.59. The molecule has 0 aliphatic carbocycles. The Morgan fingerprint density at radius 3 is 2.09 bits per heavy atom. The molecule has 0 aliphatic heterocycles. The molecule has 0 spiro atoms. The predicted molar refractivity (Wildman–Crippen MR) is 52.9 cm³/mol. The van der Waals surface area contributed by atoms with Crippen LogP contribution in [0, 0.1) is 0 Å². The van der Waals surface area contributed by atoms with E-state index in [1.807, 2.05) is 27.1 Å². The smallest absolute Gasteiger partial charge is 0.0419 e. The van der Waals surface area contributed by atoms with Crippen LogP contribution in [0.4, 0.5) is 0 Å². The highest BCUT2D eigenvalue weighted by Crippen LogP contribution is 1.92. The van der Waals surface area contributed by atoms with Crippen LogP contribution in [0.2, 0.25) is 0 Å². The van der Waals surface area contributed by atoms with Crippen molar-refractivity contribution >= 4 is 6.72 Å². The van der Waals surface area contributed by atoms with Crippen molar-refractivity contribution in [1.82, 2.24) is 4.90 Å². The summed E-state index contributed by atoms with van der Waals surface area (Å²) in [6.07, 6.45) is 3.58. The largest absolute Gasteiger partial charge is 0.377 e. The van der Waals surface area contributed by atoms with Crippen LogP contribution in [0.3, 0.4) is 0 Å². The monoisotopic (exact) mass is 156 g/mol. The lowest BCUT2D eigenvalue weighted by atomic mass is 10.4. The number of rotatable bonds is 3. The molecule has 0 aromatic rings. The van der Waals surface area contributed by atoms with Crippen molar-refractivity contribution < 1.29 is 0 Å². The van der Waals surface area contributed by atoms with Crippen molar-refractivity contribution in [2.45, 2.75) is 33.7 Å². The van der Waals surface area contributed by atoms with Crippen molar-refractivity contribution in [3.63, 3.8) is 0 Å². The Bertz CT molecular complexity index is 106.